The lowest BCUT2D eigenvalue weighted by atomic mass is 10.0. The van der Waals surface area contributed by atoms with Crippen LogP contribution < -0.4 is 4.74 Å². The lowest BCUT2D eigenvalue weighted by molar-refractivity contribution is 0.316. The third kappa shape index (κ3) is 10.5. The van der Waals surface area contributed by atoms with Gasteiger partial charge in [0, 0.05) is 0 Å². The van der Waals surface area contributed by atoms with E-state index in [-0.39, 0.29) is 18.8 Å². The first-order chi connectivity index (χ1) is 14.5. The molecule has 2 rings (SSSR count). The summed E-state index contributed by atoms with van der Waals surface area (Å²) in [6, 6.07) is 15.3. The average Bonchev–Trinajstić information content (AvgIpc) is 2.73. The number of aryl methyl sites for hydroxylation is 1. The fourth-order valence-corrected chi connectivity index (χ4v) is 3.48. The van der Waals surface area contributed by atoms with Crippen LogP contribution >= 0.6 is 0 Å². The van der Waals surface area contributed by atoms with Gasteiger partial charge in [-0.15, -0.1) is 0 Å². The number of benzene rings is 2. The van der Waals surface area contributed by atoms with Crippen LogP contribution in [0.3, 0.4) is 0 Å². The van der Waals surface area contributed by atoms with Crippen molar-refractivity contribution in [3.63, 3.8) is 0 Å². The number of azo groups is 1. The predicted molar refractivity (Wildman–Crippen MR) is 121 cm³/mol. The normalized spacial score (nSPS) is 11.8. The summed E-state index contributed by atoms with van der Waals surface area (Å²) in [7, 11) is -3.94. The van der Waals surface area contributed by atoms with E-state index in [0.29, 0.717) is 11.4 Å². The average molecular weight is 433 g/mol. The van der Waals surface area contributed by atoms with Crippen LogP contribution in [0, 0.1) is 0 Å². The van der Waals surface area contributed by atoms with Crippen LogP contribution in [0.5, 0.6) is 5.75 Å². The second-order valence-corrected chi connectivity index (χ2v) is 8.94. The molecule has 0 unspecified atom stereocenters. The van der Waals surface area contributed by atoms with E-state index in [1.54, 1.807) is 24.3 Å². The lowest BCUT2D eigenvalue weighted by Crippen LogP contribution is -2.08. The standard InChI is InChI=1S/C23H32N2O4S/c1-2-3-4-5-6-7-9-20-10-12-21(13-11-20)24-25-22-14-16-23(17-15-22)29-18-8-19-30(26,27)28/h10-17H,2-9,18-19H2,1H3,(H,26,27,28). The topological polar surface area (TPSA) is 88.3 Å². The molecular formula is C23H32N2O4S. The Kier molecular flexibility index (Phi) is 10.5. The first kappa shape index (κ1) is 24.0. The zero-order valence-corrected chi connectivity index (χ0v) is 18.5. The van der Waals surface area contributed by atoms with Crippen molar-refractivity contribution < 1.29 is 17.7 Å². The molecule has 0 aliphatic carbocycles. The Morgan fingerprint density at radius 3 is 1.97 bits per heavy atom. The van der Waals surface area contributed by atoms with E-state index in [2.05, 4.69) is 29.3 Å². The summed E-state index contributed by atoms with van der Waals surface area (Å²) in [6.45, 7) is 2.45. The van der Waals surface area contributed by atoms with Crippen LogP contribution in [0.4, 0.5) is 11.4 Å². The van der Waals surface area contributed by atoms with Crippen molar-refractivity contribution in [1.82, 2.24) is 0 Å². The molecule has 0 aliphatic rings. The summed E-state index contributed by atoms with van der Waals surface area (Å²) in [4.78, 5) is 0. The van der Waals surface area contributed by atoms with Gasteiger partial charge >= 0.3 is 0 Å². The molecule has 0 saturated heterocycles. The maximum atomic E-state index is 10.7. The number of ether oxygens (including phenoxy) is 1. The minimum Gasteiger partial charge on any atom is -0.494 e. The first-order valence-corrected chi connectivity index (χ1v) is 12.3. The molecular weight excluding hydrogens is 400 g/mol. The van der Waals surface area contributed by atoms with Gasteiger partial charge in [0.1, 0.15) is 5.75 Å². The molecule has 0 saturated carbocycles. The SMILES string of the molecule is CCCCCCCCc1ccc(N=Nc2ccc(OCCCS(=O)(=O)O)cc2)cc1. The Hall–Kier alpha value is -2.25. The Morgan fingerprint density at radius 2 is 1.37 bits per heavy atom. The molecule has 0 bridgehead atoms. The molecule has 6 nitrogen and oxygen atoms in total. The van der Waals surface area contributed by atoms with Crippen LogP contribution in [0.2, 0.25) is 0 Å². The van der Waals surface area contributed by atoms with Crippen molar-refractivity contribution >= 4 is 21.5 Å². The summed E-state index contributed by atoms with van der Waals surface area (Å²) < 4.78 is 35.5. The van der Waals surface area contributed by atoms with Crippen molar-refractivity contribution in [2.45, 2.75) is 58.3 Å². The molecule has 30 heavy (non-hydrogen) atoms. The van der Waals surface area contributed by atoms with Gasteiger partial charge in [-0.2, -0.15) is 18.6 Å². The summed E-state index contributed by atoms with van der Waals surface area (Å²) in [5, 5.41) is 8.51. The van der Waals surface area contributed by atoms with Crippen molar-refractivity contribution in [3.8, 4) is 5.75 Å². The fourth-order valence-electron chi connectivity index (χ4n) is 2.99. The highest BCUT2D eigenvalue weighted by molar-refractivity contribution is 7.85. The fraction of sp³-hybridized carbons (Fsp3) is 0.478. The molecule has 0 heterocycles. The second kappa shape index (κ2) is 13.1. The lowest BCUT2D eigenvalue weighted by Gasteiger charge is -2.05. The summed E-state index contributed by atoms with van der Waals surface area (Å²) in [5.41, 5.74) is 2.85. The van der Waals surface area contributed by atoms with Gasteiger partial charge in [0.2, 0.25) is 0 Å². The van der Waals surface area contributed by atoms with Crippen molar-refractivity contribution in [3.05, 3.63) is 54.1 Å². The number of rotatable bonds is 14. The minimum atomic E-state index is -3.94. The predicted octanol–water partition coefficient (Wildman–Crippen LogP) is 6.66. The van der Waals surface area contributed by atoms with Gasteiger partial charge in [-0.05, 0) is 61.2 Å². The molecule has 0 spiro atoms. The largest absolute Gasteiger partial charge is 0.494 e. The number of nitrogens with zero attached hydrogens (tertiary/aromatic N) is 2. The van der Waals surface area contributed by atoms with E-state index in [9.17, 15) is 8.42 Å². The van der Waals surface area contributed by atoms with Gasteiger partial charge in [-0.3, -0.25) is 4.55 Å². The Bertz CT molecular complexity index is 863. The molecule has 1 N–H and O–H groups in total. The maximum absolute atomic E-state index is 10.7. The van der Waals surface area contributed by atoms with E-state index in [0.717, 1.165) is 12.1 Å². The molecule has 0 aliphatic heterocycles. The van der Waals surface area contributed by atoms with Crippen LogP contribution in [0.25, 0.3) is 0 Å². The molecule has 0 atom stereocenters. The van der Waals surface area contributed by atoms with Crippen LogP contribution in [0.1, 0.15) is 57.4 Å². The van der Waals surface area contributed by atoms with Crippen LogP contribution in [-0.2, 0) is 16.5 Å². The molecule has 0 amide bonds. The number of hydrogen-bond donors (Lipinski definition) is 1. The third-order valence-corrected chi connectivity index (χ3v) is 5.49. The minimum absolute atomic E-state index is 0.214. The van der Waals surface area contributed by atoms with E-state index in [1.165, 1.54) is 44.1 Å². The molecule has 0 radical (unpaired) electrons. The van der Waals surface area contributed by atoms with Gasteiger partial charge in [0.05, 0.1) is 23.7 Å². The summed E-state index contributed by atoms with van der Waals surface area (Å²) in [6.07, 6.45) is 9.16. The van der Waals surface area contributed by atoms with Gasteiger partial charge in [0.25, 0.3) is 10.1 Å². The maximum Gasteiger partial charge on any atom is 0.264 e. The molecule has 7 heteroatoms. The third-order valence-electron chi connectivity index (χ3n) is 4.69. The van der Waals surface area contributed by atoms with E-state index in [1.807, 2.05) is 12.1 Å². The Balaban J connectivity index is 1.73. The van der Waals surface area contributed by atoms with E-state index < -0.39 is 10.1 Å². The highest BCUT2D eigenvalue weighted by atomic mass is 32.2. The quantitative estimate of drug-likeness (QED) is 0.205. The zero-order chi connectivity index (χ0) is 21.7. The molecule has 0 fully saturated rings. The van der Waals surface area contributed by atoms with Crippen molar-refractivity contribution in [2.75, 3.05) is 12.4 Å². The highest BCUT2D eigenvalue weighted by Gasteiger charge is 2.04. The van der Waals surface area contributed by atoms with Gasteiger partial charge in [-0.25, -0.2) is 0 Å². The van der Waals surface area contributed by atoms with E-state index in [4.69, 9.17) is 9.29 Å². The molecule has 2 aromatic carbocycles. The second-order valence-electron chi connectivity index (χ2n) is 7.37. The zero-order valence-electron chi connectivity index (χ0n) is 17.7. The number of unbranched alkanes of at least 4 members (excludes halogenated alkanes) is 5. The van der Waals surface area contributed by atoms with Crippen molar-refractivity contribution in [2.24, 2.45) is 10.2 Å². The molecule has 2 aromatic rings. The molecule has 164 valence electrons. The van der Waals surface area contributed by atoms with Gasteiger partial charge in [-0.1, -0.05) is 51.2 Å². The van der Waals surface area contributed by atoms with E-state index >= 15 is 0 Å². The van der Waals surface area contributed by atoms with Gasteiger partial charge < -0.3 is 4.74 Å². The first-order valence-electron chi connectivity index (χ1n) is 10.6. The monoisotopic (exact) mass is 432 g/mol. The van der Waals surface area contributed by atoms with Gasteiger partial charge in [0.15, 0.2) is 0 Å². The van der Waals surface area contributed by atoms with Crippen LogP contribution in [-0.4, -0.2) is 25.3 Å². The Labute approximate surface area is 180 Å². The summed E-state index contributed by atoms with van der Waals surface area (Å²) in [5.74, 6) is 0.306. The van der Waals surface area contributed by atoms with Crippen LogP contribution in [0.15, 0.2) is 58.8 Å². The summed E-state index contributed by atoms with van der Waals surface area (Å²) >= 11 is 0. The molecule has 0 aromatic heterocycles. The Morgan fingerprint density at radius 1 is 0.800 bits per heavy atom. The number of hydrogen-bond acceptors (Lipinski definition) is 5. The smallest absolute Gasteiger partial charge is 0.264 e. The van der Waals surface area contributed by atoms with Crippen molar-refractivity contribution in [1.29, 1.82) is 0 Å². The highest BCUT2D eigenvalue weighted by Crippen LogP contribution is 2.22.